The minimum Gasteiger partial charge on any atom is -0.208 e. The number of hydrogen-bond donors (Lipinski definition) is 0. The van der Waals surface area contributed by atoms with E-state index in [4.69, 9.17) is 15.0 Å². The first-order chi connectivity index (χ1) is 29.6. The molecule has 0 bridgehead atoms. The third-order valence-corrected chi connectivity index (χ3v) is 12.5. The van der Waals surface area contributed by atoms with Crippen molar-refractivity contribution < 1.29 is 0 Å². The Hall–Kier alpha value is -8.01. The fourth-order valence-electron chi connectivity index (χ4n) is 9.44. The second-order valence-electron chi connectivity index (χ2n) is 16.1. The van der Waals surface area contributed by atoms with Crippen LogP contribution in [0.3, 0.4) is 0 Å². The molecule has 3 nitrogen and oxygen atoms in total. The van der Waals surface area contributed by atoms with Crippen molar-refractivity contribution in [2.75, 3.05) is 0 Å². The van der Waals surface area contributed by atoms with Crippen LogP contribution in [-0.2, 0) is 0 Å². The highest BCUT2D eigenvalue weighted by Gasteiger charge is 2.16. The molecule has 13 rings (SSSR count). The fraction of sp³-hybridized carbons (Fsp3) is 0. The topological polar surface area (TPSA) is 38.7 Å². The summed E-state index contributed by atoms with van der Waals surface area (Å²) in [5, 5.41) is 21.9. The molecule has 0 aliphatic rings. The molecule has 1 heterocycles. The lowest BCUT2D eigenvalue weighted by Crippen LogP contribution is -2.00. The Labute approximate surface area is 344 Å². The summed E-state index contributed by atoms with van der Waals surface area (Å²) in [6.45, 7) is 0. The Morgan fingerprint density at radius 3 is 0.717 bits per heavy atom. The summed E-state index contributed by atoms with van der Waals surface area (Å²) in [5.41, 5.74) is 2.85. The van der Waals surface area contributed by atoms with E-state index in [1.54, 1.807) is 0 Å². The summed E-state index contributed by atoms with van der Waals surface area (Å²) >= 11 is 0. The molecule has 1 aromatic heterocycles. The summed E-state index contributed by atoms with van der Waals surface area (Å²) in [4.78, 5) is 15.7. The maximum absolute atomic E-state index is 5.23. The Bertz CT molecular complexity index is 3540. The van der Waals surface area contributed by atoms with E-state index in [0.29, 0.717) is 17.5 Å². The lowest BCUT2D eigenvalue weighted by Gasteiger charge is -2.12. The van der Waals surface area contributed by atoms with Gasteiger partial charge in [0.05, 0.1) is 0 Å². The average Bonchev–Trinajstić information content (AvgIpc) is 3.31. The number of benzene rings is 12. The monoisotopic (exact) mass is 759 g/mol. The second-order valence-corrected chi connectivity index (χ2v) is 16.1. The van der Waals surface area contributed by atoms with Gasteiger partial charge in [0.1, 0.15) is 0 Å². The Morgan fingerprint density at radius 2 is 0.433 bits per heavy atom. The van der Waals surface area contributed by atoms with Crippen molar-refractivity contribution in [3.05, 3.63) is 200 Å². The van der Waals surface area contributed by atoms with E-state index in [1.165, 1.54) is 80.8 Å². The molecule has 3 heteroatoms. The molecule has 0 amide bonds. The van der Waals surface area contributed by atoms with Crippen molar-refractivity contribution in [1.82, 2.24) is 15.0 Å². The molecule has 0 fully saturated rings. The van der Waals surface area contributed by atoms with E-state index < -0.39 is 0 Å². The minimum absolute atomic E-state index is 0.644. The number of nitrogens with zero attached hydrogens (tertiary/aromatic N) is 3. The number of aromatic nitrogens is 3. The van der Waals surface area contributed by atoms with Gasteiger partial charge < -0.3 is 0 Å². The summed E-state index contributed by atoms with van der Waals surface area (Å²) in [6.07, 6.45) is 0. The predicted octanol–water partition coefficient (Wildman–Crippen LogP) is 15.3. The SMILES string of the molecule is c1ccc2cc3c(ccc4cc(-c5nc(-c6ccc7c(ccc8cc9ccccc9cc87)c6)nc(-c6ccc7c(ccc8cc9ccccc9cc87)c6)n5)ccc43)cc2c1. The summed E-state index contributed by atoms with van der Waals surface area (Å²) in [6, 6.07) is 72.6. The molecule has 60 heavy (non-hydrogen) atoms. The molecular formula is C57H33N3. The smallest absolute Gasteiger partial charge is 0.164 e. The van der Waals surface area contributed by atoms with Crippen molar-refractivity contribution in [1.29, 1.82) is 0 Å². The molecule has 0 atom stereocenters. The zero-order valence-corrected chi connectivity index (χ0v) is 32.4. The van der Waals surface area contributed by atoms with Gasteiger partial charge in [-0.25, -0.2) is 15.0 Å². The van der Waals surface area contributed by atoms with Gasteiger partial charge in [-0.15, -0.1) is 0 Å². The predicted molar refractivity (Wildman–Crippen MR) is 254 cm³/mol. The normalized spacial score (nSPS) is 12.0. The van der Waals surface area contributed by atoms with E-state index in [0.717, 1.165) is 32.8 Å². The van der Waals surface area contributed by atoms with Crippen LogP contribution in [-0.4, -0.2) is 15.0 Å². The largest absolute Gasteiger partial charge is 0.208 e. The molecule has 0 saturated heterocycles. The highest BCUT2D eigenvalue weighted by atomic mass is 15.0. The van der Waals surface area contributed by atoms with Gasteiger partial charge in [-0.2, -0.15) is 0 Å². The van der Waals surface area contributed by atoms with Crippen LogP contribution in [0.25, 0.3) is 131 Å². The first-order valence-electron chi connectivity index (χ1n) is 20.5. The van der Waals surface area contributed by atoms with Crippen molar-refractivity contribution in [3.8, 4) is 34.2 Å². The molecule has 0 N–H and O–H groups in total. The zero-order valence-electron chi connectivity index (χ0n) is 32.4. The third-order valence-electron chi connectivity index (χ3n) is 12.5. The molecule has 0 spiro atoms. The van der Waals surface area contributed by atoms with E-state index in [2.05, 4.69) is 200 Å². The highest BCUT2D eigenvalue weighted by Crippen LogP contribution is 2.37. The van der Waals surface area contributed by atoms with Crippen LogP contribution >= 0.6 is 0 Å². The van der Waals surface area contributed by atoms with Crippen LogP contribution in [0.4, 0.5) is 0 Å². The van der Waals surface area contributed by atoms with Gasteiger partial charge >= 0.3 is 0 Å². The van der Waals surface area contributed by atoms with Gasteiger partial charge in [-0.05, 0) is 152 Å². The number of hydrogen-bond acceptors (Lipinski definition) is 3. The van der Waals surface area contributed by atoms with Gasteiger partial charge in [-0.3, -0.25) is 0 Å². The average molecular weight is 760 g/mol. The molecule has 12 aromatic carbocycles. The van der Waals surface area contributed by atoms with Crippen LogP contribution in [0.15, 0.2) is 200 Å². The van der Waals surface area contributed by atoms with Crippen molar-refractivity contribution in [2.45, 2.75) is 0 Å². The van der Waals surface area contributed by atoms with Crippen LogP contribution in [0.5, 0.6) is 0 Å². The van der Waals surface area contributed by atoms with Crippen molar-refractivity contribution >= 4 is 97.0 Å². The van der Waals surface area contributed by atoms with Crippen molar-refractivity contribution in [2.24, 2.45) is 0 Å². The maximum atomic E-state index is 5.23. The van der Waals surface area contributed by atoms with Crippen LogP contribution in [0.1, 0.15) is 0 Å². The Balaban J connectivity index is 0.989. The Kier molecular flexibility index (Phi) is 7.01. The summed E-state index contributed by atoms with van der Waals surface area (Å²) in [7, 11) is 0. The molecule has 0 aliphatic carbocycles. The maximum Gasteiger partial charge on any atom is 0.164 e. The van der Waals surface area contributed by atoms with Crippen LogP contribution in [0.2, 0.25) is 0 Å². The molecule has 0 radical (unpaired) electrons. The fourth-order valence-corrected chi connectivity index (χ4v) is 9.44. The molecule has 276 valence electrons. The quantitative estimate of drug-likeness (QED) is 0.133. The summed E-state index contributed by atoms with van der Waals surface area (Å²) in [5.74, 6) is 1.93. The van der Waals surface area contributed by atoms with Crippen LogP contribution in [0, 0.1) is 0 Å². The third kappa shape index (κ3) is 5.26. The lowest BCUT2D eigenvalue weighted by molar-refractivity contribution is 1.08. The highest BCUT2D eigenvalue weighted by molar-refractivity contribution is 6.15. The van der Waals surface area contributed by atoms with Gasteiger partial charge in [0.25, 0.3) is 0 Å². The molecule has 0 unspecified atom stereocenters. The summed E-state index contributed by atoms with van der Waals surface area (Å²) < 4.78 is 0. The Morgan fingerprint density at radius 1 is 0.183 bits per heavy atom. The zero-order chi connectivity index (χ0) is 39.3. The first kappa shape index (κ1) is 33.0. The van der Waals surface area contributed by atoms with E-state index in [1.807, 2.05) is 0 Å². The molecule has 13 aromatic rings. The second kappa shape index (κ2) is 12.7. The van der Waals surface area contributed by atoms with Crippen LogP contribution < -0.4 is 0 Å². The minimum atomic E-state index is 0.644. The van der Waals surface area contributed by atoms with Gasteiger partial charge in [0.15, 0.2) is 17.5 Å². The molecule has 0 aliphatic heterocycles. The van der Waals surface area contributed by atoms with Gasteiger partial charge in [0.2, 0.25) is 0 Å². The molecular weight excluding hydrogens is 727 g/mol. The lowest BCUT2D eigenvalue weighted by atomic mass is 9.96. The van der Waals surface area contributed by atoms with Gasteiger partial charge in [0, 0.05) is 16.7 Å². The van der Waals surface area contributed by atoms with E-state index in [-0.39, 0.29) is 0 Å². The van der Waals surface area contributed by atoms with E-state index >= 15 is 0 Å². The van der Waals surface area contributed by atoms with Crippen molar-refractivity contribution in [3.63, 3.8) is 0 Å². The van der Waals surface area contributed by atoms with Gasteiger partial charge in [-0.1, -0.05) is 146 Å². The standard InChI is InChI=1S/C57H33N3/c1-4-10-37-31-52-43(25-34(37)7-1)16-13-40-28-46(19-22-49(40)52)55-58-56(47-20-23-50-41(29-47)14-17-44-26-35-8-2-5-11-38(35)32-53(44)50)60-57(59-55)48-21-24-51-42(30-48)15-18-45-27-36-9-3-6-12-39(36)33-54(45)51/h1-33H. The number of fused-ring (bicyclic) bond motifs is 12. The first-order valence-corrected chi connectivity index (χ1v) is 20.5. The molecule has 0 saturated carbocycles. The number of rotatable bonds is 3. The van der Waals surface area contributed by atoms with E-state index in [9.17, 15) is 0 Å².